The lowest BCUT2D eigenvalue weighted by Crippen LogP contribution is -2.36. The Hall–Kier alpha value is -2.00. The maximum atomic E-state index is 6.29. The van der Waals surface area contributed by atoms with Crippen molar-refractivity contribution in [1.82, 2.24) is 0 Å². The van der Waals surface area contributed by atoms with Gasteiger partial charge in [0.25, 0.3) is 0 Å². The van der Waals surface area contributed by atoms with E-state index in [0.717, 1.165) is 25.3 Å². The van der Waals surface area contributed by atoms with Crippen LogP contribution in [0.25, 0.3) is 0 Å². The summed E-state index contributed by atoms with van der Waals surface area (Å²) in [4.78, 5) is 2.43. The highest BCUT2D eigenvalue weighted by atomic mass is 16.5. The molecule has 1 aliphatic heterocycles. The summed E-state index contributed by atoms with van der Waals surface area (Å²) in [5, 5.41) is 0. The van der Waals surface area contributed by atoms with Crippen molar-refractivity contribution in [3.63, 3.8) is 0 Å². The van der Waals surface area contributed by atoms with Crippen LogP contribution in [0.2, 0.25) is 0 Å². The molecule has 0 saturated heterocycles. The largest absolute Gasteiger partial charge is 0.482 e. The van der Waals surface area contributed by atoms with Crippen LogP contribution in [0.3, 0.4) is 0 Å². The van der Waals surface area contributed by atoms with Crippen LogP contribution < -0.4 is 15.4 Å². The minimum absolute atomic E-state index is 0.0753. The van der Waals surface area contributed by atoms with Gasteiger partial charge < -0.3 is 15.4 Å². The molecule has 1 heterocycles. The first-order valence-corrected chi connectivity index (χ1v) is 8.49. The van der Waals surface area contributed by atoms with E-state index in [1.54, 1.807) is 0 Å². The maximum absolute atomic E-state index is 6.29. The van der Waals surface area contributed by atoms with Crippen LogP contribution in [0.1, 0.15) is 43.4 Å². The highest BCUT2D eigenvalue weighted by molar-refractivity contribution is 5.62. The molecule has 0 amide bonds. The second kappa shape index (κ2) is 7.05. The van der Waals surface area contributed by atoms with E-state index in [1.165, 1.54) is 16.8 Å². The summed E-state index contributed by atoms with van der Waals surface area (Å²) in [6.07, 6.45) is 1.07. The third kappa shape index (κ3) is 3.50. The third-order valence-corrected chi connectivity index (χ3v) is 4.45. The first-order valence-electron chi connectivity index (χ1n) is 8.49. The van der Waals surface area contributed by atoms with Gasteiger partial charge in [-0.2, -0.15) is 0 Å². The molecule has 0 aromatic heterocycles. The van der Waals surface area contributed by atoms with Crippen LogP contribution in [0, 0.1) is 0 Å². The van der Waals surface area contributed by atoms with Gasteiger partial charge in [-0.1, -0.05) is 50.2 Å². The normalized spacial score (nSPS) is 17.0. The highest BCUT2D eigenvalue weighted by Crippen LogP contribution is 2.39. The predicted octanol–water partition coefficient (Wildman–Crippen LogP) is 4.10. The van der Waals surface area contributed by atoms with Gasteiger partial charge in [0.1, 0.15) is 11.9 Å². The number of rotatable bonds is 5. The summed E-state index contributed by atoms with van der Waals surface area (Å²) in [6.45, 7) is 7.01. The average molecular weight is 310 g/mol. The lowest BCUT2D eigenvalue weighted by atomic mass is 10.00. The van der Waals surface area contributed by atoms with Crippen molar-refractivity contribution in [3.05, 3.63) is 59.7 Å². The smallest absolute Gasteiger partial charge is 0.143 e. The molecule has 0 fully saturated rings. The van der Waals surface area contributed by atoms with Crippen molar-refractivity contribution in [2.45, 2.75) is 32.3 Å². The molecule has 3 rings (SSSR count). The number of fused-ring (bicyclic) bond motifs is 1. The van der Waals surface area contributed by atoms with E-state index in [0.29, 0.717) is 12.5 Å². The van der Waals surface area contributed by atoms with Crippen LogP contribution in [0.15, 0.2) is 48.5 Å². The van der Waals surface area contributed by atoms with Crippen LogP contribution in [-0.4, -0.2) is 19.6 Å². The number of nitrogens with two attached hydrogens (primary N) is 1. The minimum atomic E-state index is 0.0753. The fraction of sp³-hybridized carbons (Fsp3) is 0.400. The lowest BCUT2D eigenvalue weighted by Gasteiger charge is -2.37. The van der Waals surface area contributed by atoms with Crippen molar-refractivity contribution in [2.24, 2.45) is 5.73 Å². The molecule has 23 heavy (non-hydrogen) atoms. The van der Waals surface area contributed by atoms with Crippen LogP contribution in [-0.2, 0) is 0 Å². The molecular weight excluding hydrogens is 284 g/mol. The van der Waals surface area contributed by atoms with Crippen molar-refractivity contribution in [2.75, 3.05) is 24.5 Å². The Morgan fingerprint density at radius 1 is 1.17 bits per heavy atom. The van der Waals surface area contributed by atoms with Gasteiger partial charge >= 0.3 is 0 Å². The second-order valence-electron chi connectivity index (χ2n) is 6.49. The maximum Gasteiger partial charge on any atom is 0.143 e. The lowest BCUT2D eigenvalue weighted by molar-refractivity contribution is 0.197. The molecule has 0 saturated carbocycles. The summed E-state index contributed by atoms with van der Waals surface area (Å²) in [6, 6.07) is 17.0. The van der Waals surface area contributed by atoms with Gasteiger partial charge in [-0.25, -0.2) is 0 Å². The van der Waals surface area contributed by atoms with Crippen molar-refractivity contribution in [1.29, 1.82) is 0 Å². The standard InChI is InChI=1S/C20H26N2O/c1-15(2)17-9-10-19-18(13-17)22(12-6-11-21)14-20(23-19)16-7-4-3-5-8-16/h3-5,7-10,13,15,20H,6,11-12,14,21H2,1-2H3. The van der Waals surface area contributed by atoms with E-state index in [1.807, 2.05) is 6.07 Å². The predicted molar refractivity (Wildman–Crippen MR) is 96.2 cm³/mol. The Balaban J connectivity index is 1.92. The molecule has 1 atom stereocenters. The molecule has 3 nitrogen and oxygen atoms in total. The molecule has 2 aromatic carbocycles. The van der Waals surface area contributed by atoms with Gasteiger partial charge in [-0.15, -0.1) is 0 Å². The molecule has 1 aliphatic rings. The van der Waals surface area contributed by atoms with Crippen LogP contribution in [0.5, 0.6) is 5.75 Å². The molecule has 3 heteroatoms. The number of ether oxygens (including phenoxy) is 1. The molecule has 2 aromatic rings. The molecule has 1 unspecified atom stereocenters. The highest BCUT2D eigenvalue weighted by Gasteiger charge is 2.27. The Bertz CT molecular complexity index is 639. The summed E-state index contributed by atoms with van der Waals surface area (Å²) in [5.74, 6) is 1.50. The van der Waals surface area contributed by atoms with E-state index in [-0.39, 0.29) is 6.10 Å². The van der Waals surface area contributed by atoms with Crippen LogP contribution in [0.4, 0.5) is 5.69 Å². The van der Waals surface area contributed by atoms with Gasteiger partial charge in [-0.05, 0) is 42.1 Å². The Labute approximate surface area is 139 Å². The van der Waals surface area contributed by atoms with Crippen molar-refractivity contribution < 1.29 is 4.74 Å². The Morgan fingerprint density at radius 2 is 1.96 bits per heavy atom. The van der Waals surface area contributed by atoms with E-state index in [4.69, 9.17) is 10.5 Å². The second-order valence-corrected chi connectivity index (χ2v) is 6.49. The number of hydrogen-bond acceptors (Lipinski definition) is 3. The molecule has 0 spiro atoms. The molecule has 0 radical (unpaired) electrons. The first kappa shape index (κ1) is 15.9. The van der Waals surface area contributed by atoms with Gasteiger partial charge in [0.2, 0.25) is 0 Å². The molecule has 2 N–H and O–H groups in total. The first-order chi connectivity index (χ1) is 11.2. The van der Waals surface area contributed by atoms with Crippen LogP contribution >= 0.6 is 0 Å². The average Bonchev–Trinajstić information content (AvgIpc) is 2.59. The number of hydrogen-bond donors (Lipinski definition) is 1. The quantitative estimate of drug-likeness (QED) is 0.903. The van der Waals surface area contributed by atoms with E-state index in [2.05, 4.69) is 61.2 Å². The summed E-state index contributed by atoms with van der Waals surface area (Å²) >= 11 is 0. The van der Waals surface area contributed by atoms with E-state index >= 15 is 0 Å². The zero-order valence-corrected chi connectivity index (χ0v) is 14.0. The monoisotopic (exact) mass is 310 g/mol. The topological polar surface area (TPSA) is 38.5 Å². The Kier molecular flexibility index (Phi) is 4.87. The Morgan fingerprint density at radius 3 is 2.65 bits per heavy atom. The number of benzene rings is 2. The zero-order chi connectivity index (χ0) is 16.2. The summed E-state index contributed by atoms with van der Waals surface area (Å²) in [5.41, 5.74) is 9.51. The number of nitrogens with zero attached hydrogens (tertiary/aromatic N) is 1. The molecule has 0 aliphatic carbocycles. The van der Waals surface area contributed by atoms with Gasteiger partial charge in [0, 0.05) is 6.54 Å². The third-order valence-electron chi connectivity index (χ3n) is 4.45. The SMILES string of the molecule is CC(C)c1ccc2c(c1)N(CCCN)CC(c1ccccc1)O2. The number of anilines is 1. The van der Waals surface area contributed by atoms with Crippen molar-refractivity contribution in [3.8, 4) is 5.75 Å². The molecule has 122 valence electrons. The molecule has 0 bridgehead atoms. The fourth-order valence-corrected chi connectivity index (χ4v) is 3.06. The summed E-state index contributed by atoms with van der Waals surface area (Å²) < 4.78 is 6.29. The fourth-order valence-electron chi connectivity index (χ4n) is 3.06. The minimum Gasteiger partial charge on any atom is -0.482 e. The van der Waals surface area contributed by atoms with E-state index < -0.39 is 0 Å². The van der Waals surface area contributed by atoms with Gasteiger partial charge in [0.15, 0.2) is 0 Å². The zero-order valence-electron chi connectivity index (χ0n) is 14.0. The van der Waals surface area contributed by atoms with Gasteiger partial charge in [-0.3, -0.25) is 0 Å². The van der Waals surface area contributed by atoms with Crippen molar-refractivity contribution >= 4 is 5.69 Å². The van der Waals surface area contributed by atoms with Gasteiger partial charge in [0.05, 0.1) is 12.2 Å². The van der Waals surface area contributed by atoms with E-state index in [9.17, 15) is 0 Å². The molecular formula is C20H26N2O. The summed E-state index contributed by atoms with van der Waals surface area (Å²) in [7, 11) is 0.